The van der Waals surface area contributed by atoms with Crippen molar-refractivity contribution in [2.24, 2.45) is 0 Å². The molecule has 0 saturated heterocycles. The van der Waals surface area contributed by atoms with Crippen LogP contribution in [0.25, 0.3) is 12.2 Å². The first kappa shape index (κ1) is 126. The Morgan fingerprint density at radius 1 is 0.155 bits per heavy atom. The molecule has 14 aromatic carbocycles. The molecule has 0 N–H and O–H groups in total. The fourth-order valence-corrected chi connectivity index (χ4v) is 13.3. The smallest absolute Gasteiger partial charge is 0.545 e. The van der Waals surface area contributed by atoms with E-state index < -0.39 is 47.8 Å². The van der Waals surface area contributed by atoms with E-state index in [0.717, 1.165) is 0 Å². The molecule has 14 aromatic rings. The van der Waals surface area contributed by atoms with Crippen LogP contribution < -0.4 is 509 Å². The largest absolute Gasteiger partial charge is 1.00 e. The van der Waals surface area contributed by atoms with Gasteiger partial charge in [0.05, 0.1) is 47.8 Å². The van der Waals surface area contributed by atoms with E-state index in [2.05, 4.69) is 0 Å². The topological polar surface area (TPSA) is 432 Å². The van der Waals surface area contributed by atoms with Crippen LogP contribution in [0.5, 0.6) is 69.0 Å². The van der Waals surface area contributed by atoms with Gasteiger partial charge in [-0.25, -0.2) is 0 Å². The van der Waals surface area contributed by atoms with E-state index >= 15 is 0 Å². The van der Waals surface area contributed by atoms with Gasteiger partial charge in [-0.2, -0.15) is 0 Å². The molecule has 0 saturated carbocycles. The zero-order chi connectivity index (χ0) is 94.0. The number of rotatable bonds is 46. The van der Waals surface area contributed by atoms with E-state index in [-0.39, 0.29) is 558 Å². The van der Waals surface area contributed by atoms with Crippen LogP contribution in [0.2, 0.25) is 0 Å². The summed E-state index contributed by atoms with van der Waals surface area (Å²) in [5.74, 6) is -7.25. The van der Waals surface area contributed by atoms with Crippen LogP contribution in [0.3, 0.4) is 0 Å². The molecule has 0 bridgehead atoms. The molecule has 0 aliphatic rings. The van der Waals surface area contributed by atoms with Crippen LogP contribution in [0.15, 0.2) is 303 Å². The standard InChI is InChI=1S/C106H84O28.8K/c107-99(108)79-21-3-67(4-22-79)53-123-87-39-75(40-88(49-87)124-54-68-5-23-80(24-6-68)100(109)110)61-131-95-37-19-65(47-97(95)133-63-77-43-91(127-57-71-11-29-83(30-12-71)103(115)116)51-92(44-77)128-58-72-13-31-84(32-14-72)104(117)118)1-2-66-20-38-96(132-62-76-41-89(125-55-69-7-25-81(26-8-69)101(111)112)50-90(42-76)126-56-70-9-27-82(28-10-70)102(113)114)98(48-66)134-64-78-45-93(129-59-73-15-33-85(34-16-73)105(119)120)52-94(46-78)130-60-74-17-35-86(36-18-74)106(121)122;;;;;;;;/h1-52H,53-64H2,(H,107,108)(H,109,110)(H,111,112)(H,113,114)(H,115,116)(H,117,118)(H,119,120)(H,121,122);;;;;;;;/q;8*+1/p-8/b2-1+;;;;;;;;. The van der Waals surface area contributed by atoms with E-state index in [9.17, 15) is 79.2 Å². The van der Waals surface area contributed by atoms with Crippen molar-refractivity contribution < 1.29 is 547 Å². The van der Waals surface area contributed by atoms with Gasteiger partial charge in [-0.3, -0.25) is 0 Å². The average Bonchev–Trinajstić information content (AvgIpc) is 0.825. The van der Waals surface area contributed by atoms with Gasteiger partial charge in [0.25, 0.3) is 0 Å². The summed E-state index contributed by atoms with van der Waals surface area (Å²) in [4.78, 5) is 93.0. The summed E-state index contributed by atoms with van der Waals surface area (Å²) < 4.78 is 77.4. The van der Waals surface area contributed by atoms with Crippen LogP contribution in [-0.2, 0) is 79.3 Å². The first-order valence-electron chi connectivity index (χ1n) is 41.3. The first-order valence-corrected chi connectivity index (χ1v) is 41.3. The Bertz CT molecular complexity index is 5920. The van der Waals surface area contributed by atoms with Crippen molar-refractivity contribution >= 4 is 59.9 Å². The fourth-order valence-electron chi connectivity index (χ4n) is 13.3. The predicted molar refractivity (Wildman–Crippen MR) is 466 cm³/mol. The molecule has 0 fully saturated rings. The van der Waals surface area contributed by atoms with Crippen LogP contribution in [0.1, 0.15) is 161 Å². The Balaban J connectivity index is 0.00000386. The third-order valence-corrected chi connectivity index (χ3v) is 20.5. The van der Waals surface area contributed by atoms with Gasteiger partial charge in [0.1, 0.15) is 125 Å². The molecule has 0 heterocycles. The van der Waals surface area contributed by atoms with Gasteiger partial charge in [0, 0.05) is 24.3 Å². The Morgan fingerprint density at radius 3 is 0.430 bits per heavy atom. The van der Waals surface area contributed by atoms with Gasteiger partial charge >= 0.3 is 411 Å². The first-order chi connectivity index (χ1) is 64.8. The van der Waals surface area contributed by atoms with Crippen LogP contribution >= 0.6 is 0 Å². The third-order valence-electron chi connectivity index (χ3n) is 20.5. The van der Waals surface area contributed by atoms with E-state index in [1.807, 2.05) is 12.2 Å². The molecule has 28 nitrogen and oxygen atoms in total. The minimum absolute atomic E-state index is 0. The number of hydrogen-bond donors (Lipinski definition) is 0. The number of carboxylic acid groups (broad SMARTS) is 8. The zero-order valence-corrected chi connectivity index (χ0v) is 104. The quantitative estimate of drug-likeness (QED) is 0.0252. The molecule has 0 aliphatic carbocycles. The van der Waals surface area contributed by atoms with E-state index in [1.165, 1.54) is 97.1 Å². The fraction of sp³-hybridized carbons (Fsp3) is 0.113. The summed E-state index contributed by atoms with van der Waals surface area (Å²) in [6, 6.07) is 78.7. The molecule has 0 amide bonds. The van der Waals surface area contributed by atoms with Crippen molar-refractivity contribution in [3.05, 3.63) is 426 Å². The molecule has 14 rings (SSSR count). The maximum absolute atomic E-state index is 11.6. The maximum atomic E-state index is 11.6. The molecule has 676 valence electrons. The van der Waals surface area contributed by atoms with Crippen molar-refractivity contribution in [3.63, 3.8) is 0 Å². The van der Waals surface area contributed by atoms with Crippen LogP contribution in [0.4, 0.5) is 0 Å². The number of hydrogen-bond acceptors (Lipinski definition) is 28. The normalized spacial score (nSPS) is 10.3. The maximum Gasteiger partial charge on any atom is 1.00 e. The Hall–Kier alpha value is -4.73. The number of carboxylic acids is 8. The summed E-state index contributed by atoms with van der Waals surface area (Å²) in [6.45, 7) is -0.598. The Morgan fingerprint density at radius 2 is 0.289 bits per heavy atom. The SMILES string of the molecule is O=C([O-])c1ccc(COc2cc(COc3ccc(/C=C/c4ccc(OCc5cc(OCc6ccc(C(=O)[O-])cc6)cc(OCc6ccc(C(=O)[O-])cc6)c5)c(OCc5cc(OCc6ccc(C(=O)[O-])cc6)cc(OCc6ccc(C(=O)[O-])cc6)c5)c4)cc3OCc3cc(OCc4ccc(C(=O)[O-])cc4)cc(OCc4ccc(C(=O)[O-])cc4)c3)cc(OCc3ccc(C(=O)[O-])cc3)c2)cc1.[K+].[K+].[K+].[K+].[K+].[K+].[K+].[K+]. The van der Waals surface area contributed by atoms with E-state index in [4.69, 9.17) is 56.8 Å². The van der Waals surface area contributed by atoms with Crippen LogP contribution in [0, 0.1) is 0 Å². The second kappa shape index (κ2) is 64.1. The van der Waals surface area contributed by atoms with Gasteiger partial charge < -0.3 is 136 Å². The van der Waals surface area contributed by atoms with Gasteiger partial charge in [-0.05, 0) is 195 Å². The van der Waals surface area contributed by atoms with E-state index in [0.29, 0.717) is 124 Å². The monoisotopic (exact) mass is 2110 g/mol. The summed E-state index contributed by atoms with van der Waals surface area (Å²) in [5.41, 5.74) is 8.11. The van der Waals surface area contributed by atoms with Crippen molar-refractivity contribution in [1.82, 2.24) is 0 Å². The average molecular weight is 2110 g/mol. The molecular formula is C106H76K8O28. The van der Waals surface area contributed by atoms with Crippen molar-refractivity contribution in [2.45, 2.75) is 79.3 Å². The second-order valence-corrected chi connectivity index (χ2v) is 30.3. The summed E-state index contributed by atoms with van der Waals surface area (Å²) in [6.07, 6.45) is 3.62. The molecule has 0 spiro atoms. The Kier molecular flexibility index (Phi) is 56.8. The summed E-state index contributed by atoms with van der Waals surface area (Å²) >= 11 is 0. The van der Waals surface area contributed by atoms with Gasteiger partial charge in [-0.15, -0.1) is 0 Å². The van der Waals surface area contributed by atoms with Gasteiger partial charge in [0.15, 0.2) is 23.0 Å². The zero-order valence-electron chi connectivity index (χ0n) is 78.9. The molecular weight excluding hydrogens is 2030 g/mol. The second-order valence-electron chi connectivity index (χ2n) is 30.3. The number of carbonyl (C=O) groups excluding carboxylic acids is 8. The summed E-state index contributed by atoms with van der Waals surface area (Å²) in [5, 5.41) is 93.0. The van der Waals surface area contributed by atoms with Gasteiger partial charge in [-0.1, -0.05) is 218 Å². The number of ether oxygens (including phenoxy) is 12. The molecule has 0 radical (unpaired) electrons. The minimum atomic E-state index is -1.35. The summed E-state index contributed by atoms with van der Waals surface area (Å²) in [7, 11) is 0. The Labute approximate surface area is 1160 Å². The molecule has 36 heteroatoms. The number of benzene rings is 14. The third kappa shape index (κ3) is 40.2. The number of carbonyl (C=O) groups is 8. The van der Waals surface area contributed by atoms with Crippen LogP contribution in [-0.4, -0.2) is 47.8 Å². The molecule has 142 heavy (non-hydrogen) atoms. The predicted octanol–water partition coefficient (Wildman–Crippen LogP) is -14.3. The van der Waals surface area contributed by atoms with E-state index in [1.54, 1.807) is 206 Å². The number of aromatic carboxylic acids is 8. The molecule has 0 aromatic heterocycles. The van der Waals surface area contributed by atoms with Crippen molar-refractivity contribution in [3.8, 4) is 69.0 Å². The van der Waals surface area contributed by atoms with Crippen molar-refractivity contribution in [1.29, 1.82) is 0 Å². The molecule has 0 atom stereocenters. The minimum Gasteiger partial charge on any atom is -0.545 e. The van der Waals surface area contributed by atoms with Gasteiger partial charge in [0.2, 0.25) is 0 Å². The molecule has 0 aliphatic heterocycles. The van der Waals surface area contributed by atoms with Crippen molar-refractivity contribution in [2.75, 3.05) is 0 Å². The molecule has 0 unspecified atom stereocenters.